The summed E-state index contributed by atoms with van der Waals surface area (Å²) in [7, 11) is 0. The number of piperidine rings is 1. The van der Waals surface area contributed by atoms with Gasteiger partial charge in [0.25, 0.3) is 5.56 Å². The lowest BCUT2D eigenvalue weighted by Crippen LogP contribution is -2.43. The number of rotatable bonds is 4. The zero-order valence-electron chi connectivity index (χ0n) is 16.5. The number of amides is 1. The third-order valence-electron chi connectivity index (χ3n) is 5.82. The number of aromatic nitrogens is 2. The Balaban J connectivity index is 1.43. The van der Waals surface area contributed by atoms with E-state index in [4.69, 9.17) is 0 Å². The molecular weight excluding hydrogens is 366 g/mol. The second kappa shape index (κ2) is 8.17. The predicted molar refractivity (Wildman–Crippen MR) is 111 cm³/mol. The molecule has 1 unspecified atom stereocenters. The molecule has 2 heterocycles. The smallest absolute Gasteiger partial charge is 0.275 e. The molecule has 1 aliphatic rings. The zero-order chi connectivity index (χ0) is 20.4. The van der Waals surface area contributed by atoms with E-state index in [0.29, 0.717) is 18.5 Å². The van der Waals surface area contributed by atoms with Crippen LogP contribution in [0.5, 0.6) is 0 Å². The van der Waals surface area contributed by atoms with E-state index in [2.05, 4.69) is 5.10 Å². The van der Waals surface area contributed by atoms with Gasteiger partial charge in [0.05, 0.1) is 17.2 Å². The quantitative estimate of drug-likeness (QED) is 0.742. The van der Waals surface area contributed by atoms with Crippen molar-refractivity contribution >= 4 is 16.7 Å². The van der Waals surface area contributed by atoms with Crippen LogP contribution in [0, 0.1) is 12.8 Å². The van der Waals surface area contributed by atoms with Crippen molar-refractivity contribution in [3.63, 3.8) is 0 Å². The van der Waals surface area contributed by atoms with Crippen molar-refractivity contribution in [2.45, 2.75) is 32.4 Å². The fraction of sp³-hybridized carbons (Fsp3) is 0.348. The Morgan fingerprint density at radius 2 is 1.69 bits per heavy atom. The Kier molecular flexibility index (Phi) is 5.45. The van der Waals surface area contributed by atoms with Gasteiger partial charge in [0.15, 0.2) is 0 Å². The number of aryl methyl sites for hydroxylation is 1. The summed E-state index contributed by atoms with van der Waals surface area (Å²) in [6.07, 6.45) is 0.961. The highest BCUT2D eigenvalue weighted by Gasteiger charge is 2.28. The minimum atomic E-state index is -0.513. The van der Waals surface area contributed by atoms with E-state index in [1.165, 1.54) is 4.68 Å². The van der Waals surface area contributed by atoms with Crippen molar-refractivity contribution < 1.29 is 9.90 Å². The molecule has 29 heavy (non-hydrogen) atoms. The van der Waals surface area contributed by atoms with Gasteiger partial charge in [0.1, 0.15) is 6.54 Å². The maximum atomic E-state index is 12.8. The number of fused-ring (bicyclic) bond motifs is 1. The fourth-order valence-corrected chi connectivity index (χ4v) is 4.13. The molecular formula is C23H25N3O3. The number of nitrogens with zero attached hydrogens (tertiary/aromatic N) is 3. The molecule has 1 N–H and O–H groups in total. The summed E-state index contributed by atoms with van der Waals surface area (Å²) >= 11 is 0. The van der Waals surface area contributed by atoms with Crippen molar-refractivity contribution in [1.29, 1.82) is 0 Å². The first-order valence-corrected chi connectivity index (χ1v) is 10.0. The highest BCUT2D eigenvalue weighted by molar-refractivity contribution is 5.83. The van der Waals surface area contributed by atoms with E-state index in [9.17, 15) is 14.7 Å². The van der Waals surface area contributed by atoms with Crippen molar-refractivity contribution in [3.8, 4) is 0 Å². The molecule has 6 nitrogen and oxygen atoms in total. The van der Waals surface area contributed by atoms with Crippen LogP contribution in [0.2, 0.25) is 0 Å². The monoisotopic (exact) mass is 391 g/mol. The first-order chi connectivity index (χ1) is 14.0. The standard InChI is InChI=1S/C23H25N3O3/c1-16-19-9-5-6-10-20(19)23(29)26(24-16)15-21(27)25-13-11-18(12-14-25)22(28)17-7-3-2-4-8-17/h2-10,18,22,28H,11-15H2,1H3. The van der Waals surface area contributed by atoms with Gasteiger partial charge < -0.3 is 10.0 Å². The molecule has 0 saturated carbocycles. The number of hydrogen-bond donors (Lipinski definition) is 1. The van der Waals surface area contributed by atoms with Crippen molar-refractivity contribution in [2.75, 3.05) is 13.1 Å². The van der Waals surface area contributed by atoms with Gasteiger partial charge in [0, 0.05) is 18.5 Å². The van der Waals surface area contributed by atoms with E-state index in [-0.39, 0.29) is 23.9 Å². The number of hydrogen-bond acceptors (Lipinski definition) is 4. The lowest BCUT2D eigenvalue weighted by atomic mass is 9.87. The van der Waals surface area contributed by atoms with Crippen molar-refractivity contribution in [1.82, 2.24) is 14.7 Å². The summed E-state index contributed by atoms with van der Waals surface area (Å²) in [6.45, 7) is 2.94. The highest BCUT2D eigenvalue weighted by atomic mass is 16.3. The summed E-state index contributed by atoms with van der Waals surface area (Å²) in [5, 5.41) is 16.3. The molecule has 3 aromatic rings. The van der Waals surface area contributed by atoms with E-state index < -0.39 is 6.10 Å². The van der Waals surface area contributed by atoms with E-state index in [1.54, 1.807) is 11.0 Å². The molecule has 0 aliphatic carbocycles. The molecule has 0 spiro atoms. The molecule has 1 saturated heterocycles. The SMILES string of the molecule is Cc1nn(CC(=O)N2CCC(C(O)c3ccccc3)CC2)c(=O)c2ccccc12. The summed E-state index contributed by atoms with van der Waals surface area (Å²) in [4.78, 5) is 27.2. The van der Waals surface area contributed by atoms with Crippen LogP contribution in [0.3, 0.4) is 0 Å². The Morgan fingerprint density at radius 1 is 1.07 bits per heavy atom. The number of likely N-dealkylation sites (tertiary alicyclic amines) is 1. The van der Waals surface area contributed by atoms with Gasteiger partial charge in [-0.1, -0.05) is 48.5 Å². The molecule has 1 aliphatic heterocycles. The second-order valence-electron chi connectivity index (χ2n) is 7.67. The minimum absolute atomic E-state index is 0.0591. The van der Waals surface area contributed by atoms with Crippen LogP contribution in [0.25, 0.3) is 10.8 Å². The summed E-state index contributed by atoms with van der Waals surface area (Å²) in [5.74, 6) is 0.0205. The van der Waals surface area contributed by atoms with Gasteiger partial charge in [-0.15, -0.1) is 0 Å². The third kappa shape index (κ3) is 3.93. The number of carbonyl (C=O) groups excluding carboxylic acids is 1. The largest absolute Gasteiger partial charge is 0.388 e. The van der Waals surface area contributed by atoms with Crippen molar-refractivity contribution in [2.24, 2.45) is 5.92 Å². The number of aliphatic hydroxyl groups is 1. The lowest BCUT2D eigenvalue weighted by molar-refractivity contribution is -0.134. The molecule has 4 rings (SSSR count). The molecule has 6 heteroatoms. The molecule has 150 valence electrons. The number of benzene rings is 2. The molecule has 1 fully saturated rings. The summed E-state index contributed by atoms with van der Waals surface area (Å²) in [5.41, 5.74) is 1.41. The molecule has 2 aromatic carbocycles. The molecule has 1 atom stereocenters. The average molecular weight is 391 g/mol. The first kappa shape index (κ1) is 19.3. The highest BCUT2D eigenvalue weighted by Crippen LogP contribution is 2.30. The van der Waals surface area contributed by atoms with Gasteiger partial charge in [-0.3, -0.25) is 9.59 Å². The molecule has 0 bridgehead atoms. The van der Waals surface area contributed by atoms with Crippen LogP contribution < -0.4 is 5.56 Å². The lowest BCUT2D eigenvalue weighted by Gasteiger charge is -2.34. The van der Waals surface area contributed by atoms with E-state index in [1.807, 2.05) is 55.5 Å². The normalized spacial score (nSPS) is 16.1. The fourth-order valence-electron chi connectivity index (χ4n) is 4.13. The maximum Gasteiger partial charge on any atom is 0.275 e. The summed E-state index contributed by atoms with van der Waals surface area (Å²) < 4.78 is 1.27. The van der Waals surface area contributed by atoms with Gasteiger partial charge >= 0.3 is 0 Å². The van der Waals surface area contributed by atoms with Crippen LogP contribution >= 0.6 is 0 Å². The Bertz CT molecular complexity index is 1070. The molecule has 1 aromatic heterocycles. The van der Waals surface area contributed by atoms with Crippen LogP contribution in [0.4, 0.5) is 0 Å². The van der Waals surface area contributed by atoms with Crippen molar-refractivity contribution in [3.05, 3.63) is 76.2 Å². The maximum absolute atomic E-state index is 12.8. The van der Waals surface area contributed by atoms with Crippen LogP contribution in [0.15, 0.2) is 59.4 Å². The van der Waals surface area contributed by atoms with E-state index >= 15 is 0 Å². The van der Waals surface area contributed by atoms with Crippen LogP contribution in [0.1, 0.15) is 30.2 Å². The number of carbonyl (C=O) groups is 1. The first-order valence-electron chi connectivity index (χ1n) is 10.0. The average Bonchev–Trinajstić information content (AvgIpc) is 2.77. The minimum Gasteiger partial charge on any atom is -0.388 e. The van der Waals surface area contributed by atoms with Gasteiger partial charge in [-0.2, -0.15) is 5.10 Å². The summed E-state index contributed by atoms with van der Waals surface area (Å²) in [6, 6.07) is 17.0. The zero-order valence-corrected chi connectivity index (χ0v) is 16.5. The topological polar surface area (TPSA) is 75.4 Å². The van der Waals surface area contributed by atoms with Gasteiger partial charge in [-0.05, 0) is 37.3 Å². The number of aliphatic hydroxyl groups excluding tert-OH is 1. The second-order valence-corrected chi connectivity index (χ2v) is 7.67. The Labute approximate surface area is 169 Å². The Hall–Kier alpha value is -2.99. The Morgan fingerprint density at radius 3 is 2.38 bits per heavy atom. The predicted octanol–water partition coefficient (Wildman–Crippen LogP) is 2.68. The van der Waals surface area contributed by atoms with Crippen LogP contribution in [-0.2, 0) is 11.3 Å². The van der Waals surface area contributed by atoms with Crippen LogP contribution in [-0.4, -0.2) is 38.8 Å². The third-order valence-corrected chi connectivity index (χ3v) is 5.82. The van der Waals surface area contributed by atoms with E-state index in [0.717, 1.165) is 29.5 Å². The van der Waals surface area contributed by atoms with Gasteiger partial charge in [0.2, 0.25) is 5.91 Å². The van der Waals surface area contributed by atoms with Gasteiger partial charge in [-0.25, -0.2) is 4.68 Å². The molecule has 0 radical (unpaired) electrons. The molecule has 1 amide bonds.